The highest BCUT2D eigenvalue weighted by Gasteiger charge is 2.19. The standard InChI is InChI=1S/C27H28FN3O3S/c1-2-26(32)30-20-6-7-23(21(28)15-20)34-24-8-9-29-22-16-25(35-27(22)24)19-5-3-4-18(14-19)17-31-10-12-33-13-11-31/h3,5-9,14-16,18H,2,4,10-13,17H2,1H3,(H,30,32). The number of carbonyl (C=O) groups is 1. The molecule has 1 N–H and O–H groups in total. The number of allylic oxidation sites excluding steroid dienone is 3. The van der Waals surface area contributed by atoms with E-state index in [1.807, 2.05) is 0 Å². The average molecular weight is 494 g/mol. The van der Waals surface area contributed by atoms with Crippen LogP contribution in [0.15, 0.2) is 54.8 Å². The van der Waals surface area contributed by atoms with Crippen LogP contribution in [-0.2, 0) is 9.53 Å². The topological polar surface area (TPSA) is 63.7 Å². The zero-order valence-electron chi connectivity index (χ0n) is 19.6. The van der Waals surface area contributed by atoms with Gasteiger partial charge in [0.05, 0.1) is 23.4 Å². The molecule has 182 valence electrons. The number of thiophene rings is 1. The van der Waals surface area contributed by atoms with Crippen molar-refractivity contribution in [2.24, 2.45) is 5.92 Å². The van der Waals surface area contributed by atoms with Crippen LogP contribution in [0, 0.1) is 11.7 Å². The van der Waals surface area contributed by atoms with Crippen molar-refractivity contribution in [2.75, 3.05) is 38.2 Å². The number of aromatic nitrogens is 1. The highest BCUT2D eigenvalue weighted by atomic mass is 32.1. The zero-order chi connectivity index (χ0) is 24.2. The molecule has 0 bridgehead atoms. The van der Waals surface area contributed by atoms with Gasteiger partial charge in [0.25, 0.3) is 0 Å². The molecule has 3 heterocycles. The summed E-state index contributed by atoms with van der Waals surface area (Å²) in [6.07, 6.45) is 9.80. The van der Waals surface area contributed by atoms with Crippen molar-refractivity contribution >= 4 is 38.7 Å². The van der Waals surface area contributed by atoms with Gasteiger partial charge < -0.3 is 14.8 Å². The molecule has 1 fully saturated rings. The van der Waals surface area contributed by atoms with Gasteiger partial charge in [-0.25, -0.2) is 4.39 Å². The number of hydrogen-bond donors (Lipinski definition) is 1. The predicted molar refractivity (Wildman–Crippen MR) is 137 cm³/mol. The molecule has 3 aromatic rings. The van der Waals surface area contributed by atoms with Crippen LogP contribution in [0.25, 0.3) is 15.8 Å². The Balaban J connectivity index is 1.36. The Morgan fingerprint density at radius 1 is 1.26 bits per heavy atom. The van der Waals surface area contributed by atoms with Crippen molar-refractivity contribution in [3.63, 3.8) is 0 Å². The number of nitrogens with zero attached hydrogens (tertiary/aromatic N) is 2. The lowest BCUT2D eigenvalue weighted by atomic mass is 9.94. The number of halogens is 1. The lowest BCUT2D eigenvalue weighted by Gasteiger charge is -2.30. The maximum atomic E-state index is 14.7. The van der Waals surface area contributed by atoms with Crippen LogP contribution in [0.3, 0.4) is 0 Å². The van der Waals surface area contributed by atoms with Gasteiger partial charge in [0.1, 0.15) is 5.75 Å². The Kier molecular flexibility index (Phi) is 7.22. The van der Waals surface area contributed by atoms with E-state index < -0.39 is 5.82 Å². The number of carbonyl (C=O) groups excluding carboxylic acids is 1. The van der Waals surface area contributed by atoms with Gasteiger partial charge in [0.15, 0.2) is 11.6 Å². The Morgan fingerprint density at radius 3 is 2.91 bits per heavy atom. The highest BCUT2D eigenvalue weighted by Crippen LogP contribution is 2.39. The van der Waals surface area contributed by atoms with Crippen LogP contribution in [0.2, 0.25) is 0 Å². The fourth-order valence-electron chi connectivity index (χ4n) is 4.32. The van der Waals surface area contributed by atoms with Crippen molar-refractivity contribution in [1.29, 1.82) is 0 Å². The van der Waals surface area contributed by atoms with Crippen molar-refractivity contribution in [3.05, 3.63) is 65.5 Å². The van der Waals surface area contributed by atoms with Crippen molar-refractivity contribution in [2.45, 2.75) is 19.8 Å². The number of benzene rings is 1. The lowest BCUT2D eigenvalue weighted by Crippen LogP contribution is -2.39. The first-order valence-corrected chi connectivity index (χ1v) is 12.8. The Hall–Kier alpha value is -3.07. The highest BCUT2D eigenvalue weighted by molar-refractivity contribution is 7.20. The molecule has 6 nitrogen and oxygen atoms in total. The molecular weight excluding hydrogens is 465 g/mol. The molecule has 1 saturated heterocycles. The van der Waals surface area contributed by atoms with Gasteiger partial charge in [-0.15, -0.1) is 11.3 Å². The summed E-state index contributed by atoms with van der Waals surface area (Å²) in [4.78, 5) is 19.7. The molecule has 35 heavy (non-hydrogen) atoms. The van der Waals surface area contributed by atoms with Gasteiger partial charge in [0, 0.05) is 54.9 Å². The van der Waals surface area contributed by atoms with E-state index in [4.69, 9.17) is 9.47 Å². The Labute approximate surface area is 208 Å². The van der Waals surface area contributed by atoms with Crippen molar-refractivity contribution < 1.29 is 18.7 Å². The molecule has 0 radical (unpaired) electrons. The van der Waals surface area contributed by atoms with Gasteiger partial charge in [0.2, 0.25) is 5.91 Å². The van der Waals surface area contributed by atoms with E-state index >= 15 is 0 Å². The average Bonchev–Trinajstić information content (AvgIpc) is 3.32. The molecule has 1 atom stereocenters. The second kappa shape index (κ2) is 10.7. The van der Waals surface area contributed by atoms with E-state index in [-0.39, 0.29) is 11.7 Å². The molecule has 2 aromatic heterocycles. The summed E-state index contributed by atoms with van der Waals surface area (Å²) < 4.78 is 27.0. The number of amides is 1. The molecule has 0 saturated carbocycles. The van der Waals surface area contributed by atoms with Crippen molar-refractivity contribution in [3.8, 4) is 11.5 Å². The summed E-state index contributed by atoms with van der Waals surface area (Å²) >= 11 is 1.60. The van der Waals surface area contributed by atoms with Gasteiger partial charge in [-0.1, -0.05) is 25.2 Å². The Bertz CT molecular complexity index is 1280. The zero-order valence-corrected chi connectivity index (χ0v) is 20.4. The summed E-state index contributed by atoms with van der Waals surface area (Å²) in [5.41, 5.74) is 2.41. The molecule has 2 aliphatic rings. The number of fused-ring (bicyclic) bond motifs is 1. The number of nitrogens with one attached hydrogen (secondary N) is 1. The van der Waals surface area contributed by atoms with Crippen LogP contribution in [0.1, 0.15) is 24.6 Å². The molecule has 8 heteroatoms. The fourth-order valence-corrected chi connectivity index (χ4v) is 5.39. The molecular formula is C27H28FN3O3S. The Morgan fingerprint density at radius 2 is 2.11 bits per heavy atom. The van der Waals surface area contributed by atoms with E-state index in [0.29, 0.717) is 23.8 Å². The predicted octanol–water partition coefficient (Wildman–Crippen LogP) is 5.87. The van der Waals surface area contributed by atoms with Gasteiger partial charge in [-0.05, 0) is 36.1 Å². The molecule has 1 amide bonds. The second-order valence-corrected chi connectivity index (χ2v) is 9.77. The first-order valence-electron chi connectivity index (χ1n) is 11.9. The normalized spacial score (nSPS) is 18.5. The summed E-state index contributed by atoms with van der Waals surface area (Å²) in [7, 11) is 0. The monoisotopic (exact) mass is 493 g/mol. The van der Waals surface area contributed by atoms with Crippen LogP contribution in [0.4, 0.5) is 10.1 Å². The van der Waals surface area contributed by atoms with E-state index in [1.165, 1.54) is 17.7 Å². The third kappa shape index (κ3) is 5.61. The second-order valence-electron chi connectivity index (χ2n) is 8.72. The quantitative estimate of drug-likeness (QED) is 0.446. The minimum absolute atomic E-state index is 0.101. The fraction of sp³-hybridized carbons (Fsp3) is 0.333. The third-order valence-electron chi connectivity index (χ3n) is 6.16. The van der Waals surface area contributed by atoms with Gasteiger partial charge in [-0.2, -0.15) is 0 Å². The number of hydrogen-bond acceptors (Lipinski definition) is 6. The molecule has 1 unspecified atom stereocenters. The molecule has 1 aliphatic carbocycles. The van der Waals surface area contributed by atoms with E-state index in [2.05, 4.69) is 39.5 Å². The minimum Gasteiger partial charge on any atom is -0.453 e. The van der Waals surface area contributed by atoms with Crippen LogP contribution < -0.4 is 10.1 Å². The first kappa shape index (κ1) is 23.7. The lowest BCUT2D eigenvalue weighted by molar-refractivity contribution is -0.115. The van der Waals surface area contributed by atoms with E-state index in [9.17, 15) is 9.18 Å². The number of morpholine rings is 1. The van der Waals surface area contributed by atoms with Crippen LogP contribution in [0.5, 0.6) is 11.5 Å². The summed E-state index contributed by atoms with van der Waals surface area (Å²) in [6, 6.07) is 8.26. The SMILES string of the molecule is CCC(=O)Nc1ccc(Oc2ccnc3cc(C4=CC(CN5CCOCC5)CC=C4)sc23)c(F)c1. The third-order valence-corrected chi connectivity index (χ3v) is 7.35. The van der Waals surface area contributed by atoms with E-state index in [0.717, 1.165) is 54.4 Å². The number of anilines is 1. The largest absolute Gasteiger partial charge is 0.453 e. The number of ether oxygens (including phenoxy) is 2. The van der Waals surface area contributed by atoms with E-state index in [1.54, 1.807) is 36.6 Å². The van der Waals surface area contributed by atoms with Gasteiger partial charge in [-0.3, -0.25) is 14.7 Å². The van der Waals surface area contributed by atoms with Crippen LogP contribution in [-0.4, -0.2) is 48.6 Å². The first-order chi connectivity index (χ1) is 17.1. The molecule has 5 rings (SSSR count). The van der Waals surface area contributed by atoms with Gasteiger partial charge >= 0.3 is 0 Å². The molecule has 1 aliphatic heterocycles. The number of rotatable bonds is 7. The maximum Gasteiger partial charge on any atom is 0.224 e. The molecule has 0 spiro atoms. The van der Waals surface area contributed by atoms with Crippen LogP contribution >= 0.6 is 11.3 Å². The summed E-state index contributed by atoms with van der Waals surface area (Å²) in [5, 5.41) is 2.66. The smallest absolute Gasteiger partial charge is 0.224 e. The molecule has 1 aromatic carbocycles. The number of pyridine rings is 1. The summed E-state index contributed by atoms with van der Waals surface area (Å²) in [5.74, 6) is 0.413. The maximum absolute atomic E-state index is 14.7. The minimum atomic E-state index is -0.537. The summed E-state index contributed by atoms with van der Waals surface area (Å²) in [6.45, 7) is 6.36. The van der Waals surface area contributed by atoms with Crippen molar-refractivity contribution in [1.82, 2.24) is 9.88 Å².